The van der Waals surface area contributed by atoms with Crippen LogP contribution in [-0.2, 0) is 17.6 Å². The Labute approximate surface area is 123 Å². The van der Waals surface area contributed by atoms with Crippen molar-refractivity contribution in [3.63, 3.8) is 0 Å². The number of hydrogen-bond donors (Lipinski definition) is 2. The molecule has 0 amide bonds. The van der Waals surface area contributed by atoms with E-state index >= 15 is 0 Å². The van der Waals surface area contributed by atoms with Crippen molar-refractivity contribution in [1.82, 2.24) is 15.2 Å². The van der Waals surface area contributed by atoms with Gasteiger partial charge in [-0.05, 0) is 30.5 Å². The summed E-state index contributed by atoms with van der Waals surface area (Å²) < 4.78 is 5.01. The van der Waals surface area contributed by atoms with Gasteiger partial charge >= 0.3 is 5.97 Å². The van der Waals surface area contributed by atoms with Crippen LogP contribution >= 0.6 is 0 Å². The van der Waals surface area contributed by atoms with Gasteiger partial charge in [0.25, 0.3) is 0 Å². The van der Waals surface area contributed by atoms with Gasteiger partial charge in [-0.1, -0.05) is 13.0 Å². The number of hydrogen-bond acceptors (Lipinski definition) is 4. The smallest absolute Gasteiger partial charge is 0.335 e. The van der Waals surface area contributed by atoms with Crippen molar-refractivity contribution >= 4 is 5.97 Å². The number of ether oxygens (including phenoxy) is 1. The van der Waals surface area contributed by atoms with E-state index in [4.69, 9.17) is 4.74 Å². The summed E-state index contributed by atoms with van der Waals surface area (Å²) in [6, 6.07) is 3.55. The van der Waals surface area contributed by atoms with Crippen molar-refractivity contribution in [1.29, 1.82) is 0 Å². The van der Waals surface area contributed by atoms with Crippen LogP contribution in [-0.4, -0.2) is 40.0 Å². The summed E-state index contributed by atoms with van der Waals surface area (Å²) in [5.74, 6) is 0.318. The number of nitrogens with zero attached hydrogens (tertiary/aromatic N) is 2. The van der Waals surface area contributed by atoms with Gasteiger partial charge in [-0.15, -0.1) is 0 Å². The Morgan fingerprint density at radius 2 is 2.19 bits per heavy atom. The van der Waals surface area contributed by atoms with E-state index < -0.39 is 5.97 Å². The minimum Gasteiger partial charge on any atom is -0.478 e. The molecular formula is C15H19N3O3. The molecule has 0 aliphatic rings. The quantitative estimate of drug-likeness (QED) is 0.851. The number of nitrogens with one attached hydrogen (secondary N) is 1. The molecule has 112 valence electrons. The number of aromatic nitrogens is 3. The molecule has 1 aromatic carbocycles. The van der Waals surface area contributed by atoms with E-state index in [9.17, 15) is 9.90 Å². The van der Waals surface area contributed by atoms with Crippen LogP contribution in [0.15, 0.2) is 12.1 Å². The molecule has 1 aromatic heterocycles. The number of benzene rings is 1. The number of methoxy groups -OCH3 is 1. The van der Waals surface area contributed by atoms with E-state index in [0.717, 1.165) is 28.9 Å². The molecule has 2 N–H and O–H groups in total. The van der Waals surface area contributed by atoms with E-state index in [1.807, 2.05) is 13.0 Å². The predicted octanol–water partition coefficient (Wildman–Crippen LogP) is 2.23. The number of carbonyl (C=O) groups is 1. The molecule has 2 aromatic rings. The van der Waals surface area contributed by atoms with Gasteiger partial charge in [0.1, 0.15) is 5.82 Å². The van der Waals surface area contributed by atoms with Crippen LogP contribution < -0.4 is 0 Å². The summed E-state index contributed by atoms with van der Waals surface area (Å²) in [6.07, 6.45) is 1.43. The average Bonchev–Trinajstić information content (AvgIpc) is 2.92. The fourth-order valence-corrected chi connectivity index (χ4v) is 2.23. The molecule has 2 rings (SSSR count). The zero-order valence-corrected chi connectivity index (χ0v) is 12.4. The maximum atomic E-state index is 11.3. The molecule has 21 heavy (non-hydrogen) atoms. The Balaban J connectivity index is 2.44. The predicted molar refractivity (Wildman–Crippen MR) is 78.5 cm³/mol. The highest BCUT2D eigenvalue weighted by atomic mass is 16.5. The molecular weight excluding hydrogens is 270 g/mol. The SMILES string of the molecule is CCc1cc(C)c(C(=O)O)cc1-c1n[nH]c(CCOC)n1. The van der Waals surface area contributed by atoms with Gasteiger partial charge in [0.05, 0.1) is 12.2 Å². The summed E-state index contributed by atoms with van der Waals surface area (Å²) in [5.41, 5.74) is 2.83. The first-order chi connectivity index (χ1) is 10.1. The zero-order valence-electron chi connectivity index (χ0n) is 12.4. The standard InChI is InChI=1S/C15H19N3O3/c1-4-10-7-9(2)11(15(19)20)8-12(10)14-16-13(17-18-14)5-6-21-3/h7-8H,4-6H2,1-3H3,(H,19,20)(H,16,17,18). The highest BCUT2D eigenvalue weighted by molar-refractivity contribution is 5.91. The molecule has 0 atom stereocenters. The molecule has 0 bridgehead atoms. The van der Waals surface area contributed by atoms with Gasteiger partial charge in [-0.2, -0.15) is 5.10 Å². The molecule has 0 aliphatic heterocycles. The normalized spacial score (nSPS) is 10.8. The molecule has 0 saturated heterocycles. The van der Waals surface area contributed by atoms with E-state index in [1.165, 1.54) is 0 Å². The topological polar surface area (TPSA) is 88.1 Å². The zero-order chi connectivity index (χ0) is 15.4. The van der Waals surface area contributed by atoms with Crippen LogP contribution in [0.25, 0.3) is 11.4 Å². The maximum Gasteiger partial charge on any atom is 0.335 e. The van der Waals surface area contributed by atoms with Crippen molar-refractivity contribution in [2.24, 2.45) is 0 Å². The lowest BCUT2D eigenvalue weighted by Gasteiger charge is -2.09. The monoisotopic (exact) mass is 289 g/mol. The van der Waals surface area contributed by atoms with Crippen molar-refractivity contribution in [2.45, 2.75) is 26.7 Å². The van der Waals surface area contributed by atoms with Crippen LogP contribution in [0.5, 0.6) is 0 Å². The largest absolute Gasteiger partial charge is 0.478 e. The van der Waals surface area contributed by atoms with Crippen molar-refractivity contribution in [2.75, 3.05) is 13.7 Å². The molecule has 6 heteroatoms. The Morgan fingerprint density at radius 3 is 2.81 bits per heavy atom. The van der Waals surface area contributed by atoms with Crippen LogP contribution in [0, 0.1) is 6.92 Å². The number of rotatable bonds is 6. The number of carboxylic acids is 1. The molecule has 0 aliphatic carbocycles. The molecule has 0 spiro atoms. The Kier molecular flexibility index (Phi) is 4.70. The van der Waals surface area contributed by atoms with E-state index in [1.54, 1.807) is 20.1 Å². The first-order valence-corrected chi connectivity index (χ1v) is 6.84. The summed E-state index contributed by atoms with van der Waals surface area (Å²) in [6.45, 7) is 4.38. The third-order valence-electron chi connectivity index (χ3n) is 3.38. The molecule has 0 radical (unpaired) electrons. The molecule has 0 fully saturated rings. The number of carboxylic acid groups (broad SMARTS) is 1. The first kappa shape index (κ1) is 15.2. The molecule has 1 heterocycles. The molecule has 0 saturated carbocycles. The summed E-state index contributed by atoms with van der Waals surface area (Å²) in [7, 11) is 1.63. The minimum atomic E-state index is -0.938. The Bertz CT molecular complexity index is 650. The third-order valence-corrected chi connectivity index (χ3v) is 3.38. The minimum absolute atomic E-state index is 0.283. The van der Waals surface area contributed by atoms with Crippen LogP contribution in [0.3, 0.4) is 0 Å². The van der Waals surface area contributed by atoms with E-state index in [0.29, 0.717) is 18.9 Å². The number of aromatic amines is 1. The van der Waals surface area contributed by atoms with Crippen LogP contribution in [0.1, 0.15) is 34.2 Å². The fourth-order valence-electron chi connectivity index (χ4n) is 2.23. The van der Waals surface area contributed by atoms with Crippen molar-refractivity contribution in [3.8, 4) is 11.4 Å². The third kappa shape index (κ3) is 3.28. The van der Waals surface area contributed by atoms with Crippen molar-refractivity contribution in [3.05, 3.63) is 34.6 Å². The average molecular weight is 289 g/mol. The number of H-pyrrole nitrogens is 1. The van der Waals surface area contributed by atoms with E-state index in [-0.39, 0.29) is 5.56 Å². The fraction of sp³-hybridized carbons (Fsp3) is 0.400. The van der Waals surface area contributed by atoms with Gasteiger partial charge in [-0.25, -0.2) is 9.78 Å². The Hall–Kier alpha value is -2.21. The van der Waals surface area contributed by atoms with Crippen LogP contribution in [0.4, 0.5) is 0 Å². The summed E-state index contributed by atoms with van der Waals surface area (Å²) >= 11 is 0. The van der Waals surface area contributed by atoms with Gasteiger partial charge in [0.15, 0.2) is 5.82 Å². The lowest BCUT2D eigenvalue weighted by Crippen LogP contribution is -2.03. The highest BCUT2D eigenvalue weighted by Crippen LogP contribution is 2.25. The second-order valence-corrected chi connectivity index (χ2v) is 4.83. The van der Waals surface area contributed by atoms with Gasteiger partial charge < -0.3 is 9.84 Å². The second-order valence-electron chi connectivity index (χ2n) is 4.83. The first-order valence-electron chi connectivity index (χ1n) is 6.84. The number of aryl methyl sites for hydroxylation is 2. The summed E-state index contributed by atoms with van der Waals surface area (Å²) in [5, 5.41) is 16.3. The van der Waals surface area contributed by atoms with Crippen LogP contribution in [0.2, 0.25) is 0 Å². The van der Waals surface area contributed by atoms with E-state index in [2.05, 4.69) is 15.2 Å². The lowest BCUT2D eigenvalue weighted by atomic mass is 9.97. The highest BCUT2D eigenvalue weighted by Gasteiger charge is 2.16. The number of aromatic carboxylic acids is 1. The molecule has 0 unspecified atom stereocenters. The van der Waals surface area contributed by atoms with Gasteiger partial charge in [-0.3, -0.25) is 5.10 Å². The molecule has 6 nitrogen and oxygen atoms in total. The van der Waals surface area contributed by atoms with Gasteiger partial charge in [0.2, 0.25) is 0 Å². The van der Waals surface area contributed by atoms with Crippen molar-refractivity contribution < 1.29 is 14.6 Å². The maximum absolute atomic E-state index is 11.3. The summed E-state index contributed by atoms with van der Waals surface area (Å²) in [4.78, 5) is 15.7. The lowest BCUT2D eigenvalue weighted by molar-refractivity contribution is 0.0696. The Morgan fingerprint density at radius 1 is 1.43 bits per heavy atom. The van der Waals surface area contributed by atoms with Gasteiger partial charge in [0, 0.05) is 19.1 Å². The second kappa shape index (κ2) is 6.49.